The second kappa shape index (κ2) is 16.7. The van der Waals surface area contributed by atoms with E-state index < -0.39 is 0 Å². The maximum atomic E-state index is 6.10. The van der Waals surface area contributed by atoms with E-state index in [9.17, 15) is 0 Å². The molecular weight excluding hydrogens is 380 g/mol. The minimum Gasteiger partial charge on any atom is -0.348 e. The summed E-state index contributed by atoms with van der Waals surface area (Å²) in [5, 5.41) is 0. The van der Waals surface area contributed by atoms with Crippen LogP contribution >= 0.6 is 0 Å². The van der Waals surface area contributed by atoms with Crippen molar-refractivity contribution in [2.45, 2.75) is 129 Å². The number of benzene rings is 1. The van der Waals surface area contributed by atoms with Gasteiger partial charge < -0.3 is 9.47 Å². The van der Waals surface area contributed by atoms with Crippen LogP contribution in [0.3, 0.4) is 0 Å². The van der Waals surface area contributed by atoms with Crippen LogP contribution in [-0.2, 0) is 9.47 Å². The highest BCUT2D eigenvalue weighted by Gasteiger charge is 2.23. The number of hydrogen-bond acceptors (Lipinski definition) is 2. The van der Waals surface area contributed by atoms with Gasteiger partial charge in [-0.1, -0.05) is 122 Å². The van der Waals surface area contributed by atoms with Gasteiger partial charge in [0.1, 0.15) is 0 Å². The molecule has 1 aromatic carbocycles. The molecule has 1 aliphatic rings. The second-order valence-electron chi connectivity index (χ2n) is 9.78. The molecule has 1 fully saturated rings. The van der Waals surface area contributed by atoms with Crippen LogP contribution in [0.15, 0.2) is 24.3 Å². The third-order valence-corrected chi connectivity index (χ3v) is 6.91. The van der Waals surface area contributed by atoms with Crippen molar-refractivity contribution >= 4 is 0 Å². The zero-order chi connectivity index (χ0) is 22.2. The first kappa shape index (κ1) is 26.4. The molecule has 1 aliphatic heterocycles. The van der Waals surface area contributed by atoms with E-state index in [1.165, 1.54) is 107 Å². The van der Waals surface area contributed by atoms with Crippen molar-refractivity contribution in [3.63, 3.8) is 0 Å². The van der Waals surface area contributed by atoms with E-state index in [-0.39, 0.29) is 6.29 Å². The molecule has 2 rings (SSSR count). The maximum Gasteiger partial charge on any atom is 0.183 e. The molecule has 178 valence electrons. The summed E-state index contributed by atoms with van der Waals surface area (Å²) in [5.74, 6) is 1.28. The highest BCUT2D eigenvalue weighted by Crippen LogP contribution is 2.31. The Hall–Kier alpha value is -0.860. The van der Waals surface area contributed by atoms with Gasteiger partial charge in [0.05, 0.1) is 13.2 Å². The fourth-order valence-electron chi connectivity index (χ4n) is 4.86. The van der Waals surface area contributed by atoms with Crippen LogP contribution in [0.1, 0.15) is 140 Å². The molecule has 0 aliphatic carbocycles. The van der Waals surface area contributed by atoms with E-state index in [0.29, 0.717) is 11.8 Å². The van der Waals surface area contributed by atoms with Crippen molar-refractivity contribution in [1.29, 1.82) is 0 Å². The summed E-state index contributed by atoms with van der Waals surface area (Å²) < 4.78 is 12.2. The van der Waals surface area contributed by atoms with Gasteiger partial charge in [0, 0.05) is 11.5 Å². The summed E-state index contributed by atoms with van der Waals surface area (Å²) >= 11 is 0. The lowest BCUT2D eigenvalue weighted by Gasteiger charge is -2.30. The Bertz CT molecular complexity index is 530. The second-order valence-corrected chi connectivity index (χ2v) is 9.78. The molecule has 0 saturated carbocycles. The smallest absolute Gasteiger partial charge is 0.183 e. The Morgan fingerprint density at radius 1 is 0.677 bits per heavy atom. The van der Waals surface area contributed by atoms with Gasteiger partial charge in [0.25, 0.3) is 0 Å². The van der Waals surface area contributed by atoms with Crippen molar-refractivity contribution < 1.29 is 9.47 Å². The molecule has 1 atom stereocenters. The molecule has 0 N–H and O–H groups in total. The Morgan fingerprint density at radius 2 is 1.26 bits per heavy atom. The first-order valence-electron chi connectivity index (χ1n) is 13.6. The summed E-state index contributed by atoms with van der Waals surface area (Å²) in [6, 6.07) is 9.12. The molecule has 1 aromatic rings. The van der Waals surface area contributed by atoms with Crippen molar-refractivity contribution in [3.8, 4) is 0 Å². The van der Waals surface area contributed by atoms with Crippen molar-refractivity contribution in [3.05, 3.63) is 35.4 Å². The summed E-state index contributed by atoms with van der Waals surface area (Å²) in [6.07, 6.45) is 20.0. The van der Waals surface area contributed by atoms with Gasteiger partial charge in [-0.05, 0) is 30.7 Å². The van der Waals surface area contributed by atoms with Crippen LogP contribution in [0.25, 0.3) is 0 Å². The molecule has 1 saturated heterocycles. The lowest BCUT2D eigenvalue weighted by molar-refractivity contribution is -0.206. The third kappa shape index (κ3) is 10.5. The van der Waals surface area contributed by atoms with Crippen LogP contribution in [0.2, 0.25) is 0 Å². The van der Waals surface area contributed by atoms with Crippen LogP contribution in [0, 0.1) is 5.92 Å². The van der Waals surface area contributed by atoms with Crippen LogP contribution in [-0.4, -0.2) is 13.2 Å². The van der Waals surface area contributed by atoms with Crippen molar-refractivity contribution in [2.24, 2.45) is 5.92 Å². The summed E-state index contributed by atoms with van der Waals surface area (Å²) in [7, 11) is 0. The Balaban J connectivity index is 1.66. The van der Waals surface area contributed by atoms with E-state index in [1.807, 2.05) is 0 Å². The number of unbranched alkanes of at least 4 members (excludes halogenated alkanes) is 9. The van der Waals surface area contributed by atoms with E-state index in [0.717, 1.165) is 13.2 Å². The van der Waals surface area contributed by atoms with E-state index in [1.54, 1.807) is 0 Å². The zero-order valence-corrected chi connectivity index (χ0v) is 20.9. The predicted molar refractivity (Wildman–Crippen MR) is 134 cm³/mol. The molecule has 0 aromatic heterocycles. The maximum absolute atomic E-state index is 6.10. The predicted octanol–water partition coefficient (Wildman–Crippen LogP) is 9.34. The third-order valence-electron chi connectivity index (χ3n) is 6.91. The average molecular weight is 431 g/mol. The summed E-state index contributed by atoms with van der Waals surface area (Å²) in [4.78, 5) is 0. The van der Waals surface area contributed by atoms with Crippen molar-refractivity contribution in [1.82, 2.24) is 0 Å². The zero-order valence-electron chi connectivity index (χ0n) is 20.9. The van der Waals surface area contributed by atoms with Crippen LogP contribution in [0.5, 0.6) is 0 Å². The highest BCUT2D eigenvalue weighted by atomic mass is 16.7. The number of ether oxygens (including phenoxy) is 2. The summed E-state index contributed by atoms with van der Waals surface area (Å²) in [6.45, 7) is 8.56. The quantitative estimate of drug-likeness (QED) is 0.229. The van der Waals surface area contributed by atoms with Crippen molar-refractivity contribution in [2.75, 3.05) is 13.2 Å². The molecule has 31 heavy (non-hydrogen) atoms. The van der Waals surface area contributed by atoms with Gasteiger partial charge in [-0.25, -0.2) is 0 Å². The monoisotopic (exact) mass is 430 g/mol. The highest BCUT2D eigenvalue weighted by molar-refractivity contribution is 5.26. The minimum atomic E-state index is -0.173. The topological polar surface area (TPSA) is 18.5 Å². The first-order chi connectivity index (χ1) is 15.3. The summed E-state index contributed by atoms with van der Waals surface area (Å²) in [5.41, 5.74) is 2.67. The Kier molecular flexibility index (Phi) is 14.2. The molecule has 0 amide bonds. The van der Waals surface area contributed by atoms with Gasteiger partial charge in [-0.15, -0.1) is 0 Å². The lowest BCUT2D eigenvalue weighted by Crippen LogP contribution is -2.27. The fraction of sp³-hybridized carbons (Fsp3) is 0.793. The number of hydrogen-bond donors (Lipinski definition) is 0. The van der Waals surface area contributed by atoms with E-state index in [2.05, 4.69) is 45.0 Å². The molecular formula is C29H50O2. The minimum absolute atomic E-state index is 0.173. The molecule has 1 unspecified atom stereocenters. The average Bonchev–Trinajstić information content (AvgIpc) is 2.81. The first-order valence-corrected chi connectivity index (χ1v) is 13.6. The largest absolute Gasteiger partial charge is 0.348 e. The number of rotatable bonds is 17. The van der Waals surface area contributed by atoms with Crippen LogP contribution in [0.4, 0.5) is 0 Å². The van der Waals surface area contributed by atoms with Gasteiger partial charge in [0.15, 0.2) is 6.29 Å². The standard InChI is InChI=1S/C29H50O2/c1-4-7-9-10-11-12-13-15-17-25-23-30-29(31-24-25)28-21-19-27(20-22-28)26(16-6-3)18-14-8-5-2/h19-22,25-26,29H,4-18,23-24H2,1-3H3. The molecule has 0 bridgehead atoms. The van der Waals surface area contributed by atoms with Gasteiger partial charge in [0.2, 0.25) is 0 Å². The molecule has 2 nitrogen and oxygen atoms in total. The SMILES string of the molecule is CCCCCCCCCCC1COC(c2ccc(C(CCC)CCCCC)cc2)OC1. The van der Waals surface area contributed by atoms with E-state index >= 15 is 0 Å². The normalized spacial score (nSPS) is 20.1. The Labute approximate surface area is 193 Å². The van der Waals surface area contributed by atoms with Gasteiger partial charge >= 0.3 is 0 Å². The molecule has 0 spiro atoms. The Morgan fingerprint density at radius 3 is 1.87 bits per heavy atom. The fourth-order valence-corrected chi connectivity index (χ4v) is 4.86. The van der Waals surface area contributed by atoms with Gasteiger partial charge in [-0.3, -0.25) is 0 Å². The molecule has 0 radical (unpaired) electrons. The lowest BCUT2D eigenvalue weighted by atomic mass is 9.89. The van der Waals surface area contributed by atoms with E-state index in [4.69, 9.17) is 9.47 Å². The van der Waals surface area contributed by atoms with Crippen LogP contribution < -0.4 is 0 Å². The molecule has 1 heterocycles. The van der Waals surface area contributed by atoms with Gasteiger partial charge in [-0.2, -0.15) is 0 Å². The molecule has 2 heteroatoms.